The van der Waals surface area contributed by atoms with Crippen LogP contribution in [0.2, 0.25) is 0 Å². The van der Waals surface area contributed by atoms with Crippen molar-refractivity contribution in [3.05, 3.63) is 18.0 Å². The van der Waals surface area contributed by atoms with Gasteiger partial charge in [-0.1, -0.05) is 0 Å². The third-order valence-corrected chi connectivity index (χ3v) is 2.81. The van der Waals surface area contributed by atoms with Gasteiger partial charge in [-0.2, -0.15) is 5.10 Å². The Bertz CT molecular complexity index is 371. The predicted octanol–water partition coefficient (Wildman–Crippen LogP) is -0.363. The third-order valence-electron chi connectivity index (χ3n) is 2.81. The highest BCUT2D eigenvalue weighted by Gasteiger charge is 2.16. The molecular formula is C11H18N4O2. The van der Waals surface area contributed by atoms with E-state index in [2.05, 4.69) is 10.4 Å². The van der Waals surface area contributed by atoms with E-state index >= 15 is 0 Å². The van der Waals surface area contributed by atoms with Crippen molar-refractivity contribution in [3.8, 4) is 0 Å². The van der Waals surface area contributed by atoms with Gasteiger partial charge in [-0.05, 0) is 12.8 Å². The molecular weight excluding hydrogens is 220 g/mol. The molecule has 0 saturated carbocycles. The molecule has 6 nitrogen and oxygen atoms in total. The molecule has 1 amide bonds. The highest BCUT2D eigenvalue weighted by Crippen LogP contribution is 2.06. The lowest BCUT2D eigenvalue weighted by molar-refractivity contribution is -0.123. The maximum atomic E-state index is 11.7. The number of amides is 1. The van der Waals surface area contributed by atoms with Crippen molar-refractivity contribution in [2.24, 2.45) is 5.73 Å². The second-order valence-corrected chi connectivity index (χ2v) is 4.20. The van der Waals surface area contributed by atoms with Crippen LogP contribution in [-0.2, 0) is 22.6 Å². The summed E-state index contributed by atoms with van der Waals surface area (Å²) in [7, 11) is 0. The fraction of sp³-hybridized carbons (Fsp3) is 0.636. The van der Waals surface area contributed by atoms with Crippen molar-refractivity contribution in [2.75, 3.05) is 13.2 Å². The van der Waals surface area contributed by atoms with Gasteiger partial charge in [0.2, 0.25) is 5.91 Å². The van der Waals surface area contributed by atoms with Crippen LogP contribution in [0.15, 0.2) is 12.4 Å². The lowest BCUT2D eigenvalue weighted by Gasteiger charge is -2.23. The number of nitrogens with zero attached hydrogens (tertiary/aromatic N) is 2. The number of hydrogen-bond donors (Lipinski definition) is 2. The first-order chi connectivity index (χ1) is 8.28. The van der Waals surface area contributed by atoms with Gasteiger partial charge in [-0.25, -0.2) is 0 Å². The topological polar surface area (TPSA) is 82.2 Å². The first kappa shape index (κ1) is 12.1. The first-order valence-electron chi connectivity index (χ1n) is 5.86. The third kappa shape index (κ3) is 3.54. The number of nitrogens with one attached hydrogen (secondary N) is 1. The second-order valence-electron chi connectivity index (χ2n) is 4.20. The molecule has 1 aromatic rings. The number of hydrogen-bond acceptors (Lipinski definition) is 4. The minimum atomic E-state index is -0.0106. The van der Waals surface area contributed by atoms with E-state index in [1.165, 1.54) is 0 Å². The minimum absolute atomic E-state index is 0.0106. The van der Waals surface area contributed by atoms with Gasteiger partial charge < -0.3 is 15.8 Å². The molecule has 0 atom stereocenters. The van der Waals surface area contributed by atoms with E-state index < -0.39 is 0 Å². The van der Waals surface area contributed by atoms with Crippen molar-refractivity contribution < 1.29 is 9.53 Å². The van der Waals surface area contributed by atoms with Crippen LogP contribution in [0.25, 0.3) is 0 Å². The summed E-state index contributed by atoms with van der Waals surface area (Å²) in [5.74, 6) is -0.0106. The highest BCUT2D eigenvalue weighted by atomic mass is 16.5. The van der Waals surface area contributed by atoms with Crippen LogP contribution < -0.4 is 11.1 Å². The van der Waals surface area contributed by atoms with Crippen LogP contribution in [0.5, 0.6) is 0 Å². The number of aromatic nitrogens is 2. The second kappa shape index (κ2) is 5.79. The van der Waals surface area contributed by atoms with E-state index in [0.29, 0.717) is 6.54 Å². The minimum Gasteiger partial charge on any atom is -0.381 e. The molecule has 0 aromatic carbocycles. The number of rotatable bonds is 4. The molecule has 1 aliphatic rings. The molecule has 1 saturated heterocycles. The van der Waals surface area contributed by atoms with Gasteiger partial charge in [-0.15, -0.1) is 0 Å². The molecule has 0 aliphatic carbocycles. The monoisotopic (exact) mass is 238 g/mol. The van der Waals surface area contributed by atoms with Crippen LogP contribution in [0, 0.1) is 0 Å². The molecule has 0 bridgehead atoms. The number of carbonyl (C=O) groups excluding carboxylic acids is 1. The number of nitrogens with two attached hydrogens (primary N) is 1. The molecule has 0 spiro atoms. The molecule has 3 N–H and O–H groups in total. The van der Waals surface area contributed by atoms with Gasteiger partial charge in [0.05, 0.1) is 6.20 Å². The summed E-state index contributed by atoms with van der Waals surface area (Å²) < 4.78 is 6.84. The van der Waals surface area contributed by atoms with E-state index in [9.17, 15) is 4.79 Å². The molecule has 2 heterocycles. The molecule has 1 aromatic heterocycles. The van der Waals surface area contributed by atoms with E-state index in [-0.39, 0.29) is 18.5 Å². The summed E-state index contributed by atoms with van der Waals surface area (Å²) in [5, 5.41) is 7.05. The Hall–Kier alpha value is -1.40. The first-order valence-corrected chi connectivity index (χ1v) is 5.86. The van der Waals surface area contributed by atoms with E-state index in [0.717, 1.165) is 31.6 Å². The lowest BCUT2D eigenvalue weighted by Crippen LogP contribution is -2.40. The summed E-state index contributed by atoms with van der Waals surface area (Å²) in [5.41, 5.74) is 6.41. The van der Waals surface area contributed by atoms with Gasteiger partial charge in [0.25, 0.3) is 0 Å². The lowest BCUT2D eigenvalue weighted by atomic mass is 10.1. The summed E-state index contributed by atoms with van der Waals surface area (Å²) in [6.45, 7) is 2.15. The molecule has 0 unspecified atom stereocenters. The average molecular weight is 238 g/mol. The molecule has 1 fully saturated rings. The van der Waals surface area contributed by atoms with E-state index in [1.54, 1.807) is 17.1 Å². The SMILES string of the molecule is NCc1cnn(CC(=O)NC2CCOCC2)c1. The van der Waals surface area contributed by atoms with Crippen molar-refractivity contribution >= 4 is 5.91 Å². The van der Waals surface area contributed by atoms with Crippen LogP contribution >= 0.6 is 0 Å². The molecule has 17 heavy (non-hydrogen) atoms. The average Bonchev–Trinajstić information content (AvgIpc) is 2.78. The van der Waals surface area contributed by atoms with Gasteiger partial charge >= 0.3 is 0 Å². The van der Waals surface area contributed by atoms with Crippen LogP contribution in [-0.4, -0.2) is 34.9 Å². The fourth-order valence-corrected chi connectivity index (χ4v) is 1.86. The summed E-state index contributed by atoms with van der Waals surface area (Å²) in [6, 6.07) is 0.237. The summed E-state index contributed by atoms with van der Waals surface area (Å²) in [6.07, 6.45) is 5.25. The maximum absolute atomic E-state index is 11.7. The van der Waals surface area contributed by atoms with Gasteiger partial charge in [0, 0.05) is 37.6 Å². The summed E-state index contributed by atoms with van der Waals surface area (Å²) >= 11 is 0. The highest BCUT2D eigenvalue weighted by molar-refractivity contribution is 5.75. The van der Waals surface area contributed by atoms with Crippen LogP contribution in [0.3, 0.4) is 0 Å². The van der Waals surface area contributed by atoms with Crippen LogP contribution in [0.1, 0.15) is 18.4 Å². The number of carbonyl (C=O) groups is 1. The van der Waals surface area contributed by atoms with Gasteiger partial charge in [0.15, 0.2) is 0 Å². The quantitative estimate of drug-likeness (QED) is 0.750. The Labute approximate surface area is 100 Å². The Balaban J connectivity index is 1.79. The molecule has 1 aliphatic heterocycles. The zero-order chi connectivity index (χ0) is 12.1. The van der Waals surface area contributed by atoms with Crippen molar-refractivity contribution in [2.45, 2.75) is 32.0 Å². The predicted molar refractivity (Wildman–Crippen MR) is 62.1 cm³/mol. The van der Waals surface area contributed by atoms with Gasteiger partial charge in [-0.3, -0.25) is 9.48 Å². The largest absolute Gasteiger partial charge is 0.381 e. The maximum Gasteiger partial charge on any atom is 0.241 e. The Morgan fingerprint density at radius 2 is 2.35 bits per heavy atom. The van der Waals surface area contributed by atoms with Crippen molar-refractivity contribution in [3.63, 3.8) is 0 Å². The normalized spacial score (nSPS) is 17.0. The van der Waals surface area contributed by atoms with Gasteiger partial charge in [0.1, 0.15) is 6.54 Å². The zero-order valence-corrected chi connectivity index (χ0v) is 9.76. The fourth-order valence-electron chi connectivity index (χ4n) is 1.86. The molecule has 2 rings (SSSR count). The Morgan fingerprint density at radius 3 is 3.00 bits per heavy atom. The Kier molecular flexibility index (Phi) is 4.11. The standard InChI is InChI=1S/C11H18N4O2/c12-5-9-6-13-15(7-9)8-11(16)14-10-1-3-17-4-2-10/h6-7,10H,1-5,8,12H2,(H,14,16). The molecule has 94 valence electrons. The van der Waals surface area contributed by atoms with E-state index in [1.807, 2.05) is 0 Å². The van der Waals surface area contributed by atoms with Crippen LogP contribution in [0.4, 0.5) is 0 Å². The van der Waals surface area contributed by atoms with Crippen molar-refractivity contribution in [1.82, 2.24) is 15.1 Å². The van der Waals surface area contributed by atoms with Crippen molar-refractivity contribution in [1.29, 1.82) is 0 Å². The molecule has 0 radical (unpaired) electrons. The number of ether oxygens (including phenoxy) is 1. The summed E-state index contributed by atoms with van der Waals surface area (Å²) in [4.78, 5) is 11.7. The zero-order valence-electron chi connectivity index (χ0n) is 9.76. The molecule has 6 heteroatoms. The Morgan fingerprint density at radius 1 is 1.59 bits per heavy atom. The van der Waals surface area contributed by atoms with E-state index in [4.69, 9.17) is 10.5 Å². The smallest absolute Gasteiger partial charge is 0.241 e.